The Labute approximate surface area is 210 Å². The summed E-state index contributed by atoms with van der Waals surface area (Å²) >= 11 is 0. The van der Waals surface area contributed by atoms with Gasteiger partial charge in [-0.25, -0.2) is 0 Å². The van der Waals surface area contributed by atoms with Gasteiger partial charge in [-0.1, -0.05) is 109 Å². The molecular formula is C33H19N3. The summed E-state index contributed by atoms with van der Waals surface area (Å²) in [5, 5.41) is 30.7. The number of hydrogen-bond acceptors (Lipinski definition) is 3. The number of hydrogen-bond donors (Lipinski definition) is 0. The topological polar surface area (TPSA) is 71.4 Å². The van der Waals surface area contributed by atoms with Crippen LogP contribution in [0, 0.1) is 34.0 Å². The molecule has 0 aliphatic rings. The molecule has 5 aromatic carbocycles. The lowest BCUT2D eigenvalue weighted by Crippen LogP contribution is -2.00. The highest BCUT2D eigenvalue weighted by molar-refractivity contribution is 5.97. The van der Waals surface area contributed by atoms with E-state index in [9.17, 15) is 15.8 Å². The molecule has 0 saturated carbocycles. The van der Waals surface area contributed by atoms with E-state index < -0.39 is 0 Å². The average Bonchev–Trinajstić information content (AvgIpc) is 2.97. The summed E-state index contributed by atoms with van der Waals surface area (Å²) < 4.78 is 0. The van der Waals surface area contributed by atoms with Crippen molar-refractivity contribution in [1.82, 2.24) is 0 Å². The third-order valence-electron chi connectivity index (χ3n) is 6.24. The maximum Gasteiger partial charge on any atom is 0.101 e. The van der Waals surface area contributed by atoms with Gasteiger partial charge in [0, 0.05) is 11.1 Å². The van der Waals surface area contributed by atoms with Crippen LogP contribution in [0.5, 0.6) is 0 Å². The van der Waals surface area contributed by atoms with E-state index in [1.54, 1.807) is 6.07 Å². The maximum atomic E-state index is 10.5. The van der Waals surface area contributed by atoms with Crippen molar-refractivity contribution in [1.29, 1.82) is 15.8 Å². The van der Waals surface area contributed by atoms with Crippen LogP contribution in [-0.2, 0) is 0 Å². The van der Waals surface area contributed by atoms with Gasteiger partial charge >= 0.3 is 0 Å². The van der Waals surface area contributed by atoms with E-state index in [1.165, 1.54) is 0 Å². The fourth-order valence-corrected chi connectivity index (χ4v) is 4.67. The molecule has 0 heterocycles. The van der Waals surface area contributed by atoms with E-state index in [4.69, 9.17) is 0 Å². The van der Waals surface area contributed by atoms with Gasteiger partial charge in [0.2, 0.25) is 0 Å². The quantitative estimate of drug-likeness (QED) is 0.275. The molecule has 0 atom stereocenters. The summed E-state index contributed by atoms with van der Waals surface area (Å²) in [5.74, 6) is 0. The molecule has 0 bridgehead atoms. The van der Waals surface area contributed by atoms with E-state index in [-0.39, 0.29) is 0 Å². The molecule has 0 amide bonds. The van der Waals surface area contributed by atoms with Crippen LogP contribution in [0.2, 0.25) is 0 Å². The van der Waals surface area contributed by atoms with Crippen LogP contribution >= 0.6 is 0 Å². The summed E-state index contributed by atoms with van der Waals surface area (Å²) in [4.78, 5) is 0. The Hall–Kier alpha value is -5.43. The number of benzene rings is 5. The Morgan fingerprint density at radius 3 is 1.11 bits per heavy atom. The lowest BCUT2D eigenvalue weighted by Gasteiger charge is -2.19. The zero-order valence-corrected chi connectivity index (χ0v) is 19.3. The Morgan fingerprint density at radius 1 is 0.389 bits per heavy atom. The molecule has 0 aromatic heterocycles. The van der Waals surface area contributed by atoms with E-state index >= 15 is 0 Å². The van der Waals surface area contributed by atoms with E-state index in [2.05, 4.69) is 18.2 Å². The molecule has 0 aliphatic heterocycles. The first-order valence-electron chi connectivity index (χ1n) is 11.5. The van der Waals surface area contributed by atoms with Crippen molar-refractivity contribution in [2.24, 2.45) is 0 Å². The zero-order valence-electron chi connectivity index (χ0n) is 19.3. The third-order valence-corrected chi connectivity index (χ3v) is 6.24. The first kappa shape index (κ1) is 22.4. The number of nitriles is 3. The summed E-state index contributed by atoms with van der Waals surface area (Å²) in [7, 11) is 0. The second-order valence-electron chi connectivity index (χ2n) is 8.26. The predicted molar refractivity (Wildman–Crippen MR) is 142 cm³/mol. The van der Waals surface area contributed by atoms with Crippen LogP contribution in [0.15, 0.2) is 115 Å². The van der Waals surface area contributed by atoms with Crippen molar-refractivity contribution < 1.29 is 0 Å². The minimum absolute atomic E-state index is 0.299. The minimum Gasteiger partial charge on any atom is -0.192 e. The van der Waals surface area contributed by atoms with Crippen molar-refractivity contribution in [3.8, 4) is 62.7 Å². The molecule has 36 heavy (non-hydrogen) atoms. The number of rotatable bonds is 4. The lowest BCUT2D eigenvalue weighted by atomic mass is 9.82. The summed E-state index contributed by atoms with van der Waals surface area (Å²) in [6.07, 6.45) is 0. The van der Waals surface area contributed by atoms with Gasteiger partial charge in [-0.05, 0) is 39.4 Å². The largest absolute Gasteiger partial charge is 0.192 e. The third kappa shape index (κ3) is 3.91. The molecule has 0 unspecified atom stereocenters. The lowest BCUT2D eigenvalue weighted by molar-refractivity contribution is 1.40. The highest BCUT2D eigenvalue weighted by atomic mass is 14.3. The normalized spacial score (nSPS) is 10.1. The highest BCUT2D eigenvalue weighted by Gasteiger charge is 2.24. The predicted octanol–water partition coefficient (Wildman–Crippen LogP) is 7.97. The first-order valence-corrected chi connectivity index (χ1v) is 11.5. The molecular weight excluding hydrogens is 438 g/mol. The van der Waals surface area contributed by atoms with Crippen molar-refractivity contribution in [3.63, 3.8) is 0 Å². The van der Waals surface area contributed by atoms with E-state index in [0.717, 1.165) is 33.4 Å². The molecule has 0 radical (unpaired) electrons. The van der Waals surface area contributed by atoms with Gasteiger partial charge in [-0.3, -0.25) is 0 Å². The standard InChI is InChI=1S/C33H19N3/c34-20-25-19-26(21-35)33(30-18-10-8-16-28(30)24-13-5-2-6-14-24)31(22-36)32(25)29-17-9-7-15-27(29)23-11-3-1-4-12-23/h1-19H. The zero-order chi connectivity index (χ0) is 24.9. The van der Waals surface area contributed by atoms with Crippen molar-refractivity contribution in [2.75, 3.05) is 0 Å². The molecule has 5 rings (SSSR count). The Balaban J connectivity index is 1.89. The average molecular weight is 458 g/mol. The Kier molecular flexibility index (Phi) is 6.10. The SMILES string of the molecule is N#Cc1cc(C#N)c(-c2ccccc2-c2ccccc2)c(C#N)c1-c1ccccc1-c1ccccc1. The molecule has 0 fully saturated rings. The second kappa shape index (κ2) is 9.82. The van der Waals surface area contributed by atoms with Crippen LogP contribution in [-0.4, -0.2) is 0 Å². The van der Waals surface area contributed by atoms with Crippen LogP contribution in [0.3, 0.4) is 0 Å². The van der Waals surface area contributed by atoms with Crippen molar-refractivity contribution in [2.45, 2.75) is 0 Å². The minimum atomic E-state index is 0.299. The molecule has 0 aliphatic carbocycles. The monoisotopic (exact) mass is 457 g/mol. The first-order chi connectivity index (χ1) is 17.8. The smallest absolute Gasteiger partial charge is 0.101 e. The summed E-state index contributed by atoms with van der Waals surface area (Å²) in [6.45, 7) is 0. The van der Waals surface area contributed by atoms with Crippen LogP contribution in [0.4, 0.5) is 0 Å². The second-order valence-corrected chi connectivity index (χ2v) is 8.26. The molecule has 3 nitrogen and oxygen atoms in total. The Bertz CT molecular complexity index is 1580. The van der Waals surface area contributed by atoms with Gasteiger partial charge in [0.05, 0.1) is 28.8 Å². The molecule has 0 spiro atoms. The van der Waals surface area contributed by atoms with Crippen molar-refractivity contribution in [3.05, 3.63) is 132 Å². The van der Waals surface area contributed by atoms with E-state index in [0.29, 0.717) is 27.8 Å². The van der Waals surface area contributed by atoms with Crippen molar-refractivity contribution >= 4 is 0 Å². The molecule has 166 valence electrons. The fourth-order valence-electron chi connectivity index (χ4n) is 4.67. The molecule has 0 saturated heterocycles. The summed E-state index contributed by atoms with van der Waals surface area (Å²) in [5.41, 5.74) is 7.34. The molecule has 3 heteroatoms. The molecule has 0 N–H and O–H groups in total. The van der Waals surface area contributed by atoms with Gasteiger partial charge in [-0.2, -0.15) is 15.8 Å². The van der Waals surface area contributed by atoms with Crippen LogP contribution < -0.4 is 0 Å². The van der Waals surface area contributed by atoms with Crippen LogP contribution in [0.25, 0.3) is 44.5 Å². The van der Waals surface area contributed by atoms with Gasteiger partial charge in [0.15, 0.2) is 0 Å². The van der Waals surface area contributed by atoms with Crippen LogP contribution in [0.1, 0.15) is 16.7 Å². The van der Waals surface area contributed by atoms with Gasteiger partial charge in [0.25, 0.3) is 0 Å². The van der Waals surface area contributed by atoms with Gasteiger partial charge in [-0.15, -0.1) is 0 Å². The molecule has 5 aromatic rings. The number of nitrogens with zero attached hydrogens (tertiary/aromatic N) is 3. The Morgan fingerprint density at radius 2 is 0.750 bits per heavy atom. The van der Waals surface area contributed by atoms with Gasteiger partial charge < -0.3 is 0 Å². The summed E-state index contributed by atoms with van der Waals surface area (Å²) in [6, 6.07) is 43.8. The van der Waals surface area contributed by atoms with E-state index in [1.807, 2.05) is 109 Å². The highest BCUT2D eigenvalue weighted by Crippen LogP contribution is 2.43. The maximum absolute atomic E-state index is 10.5. The fraction of sp³-hybridized carbons (Fsp3) is 0. The van der Waals surface area contributed by atoms with Gasteiger partial charge in [0.1, 0.15) is 6.07 Å².